The molecule has 0 aliphatic rings. The van der Waals surface area contributed by atoms with E-state index in [1.54, 1.807) is 0 Å². The Morgan fingerprint density at radius 2 is 2.31 bits per heavy atom. The van der Waals surface area contributed by atoms with Crippen molar-refractivity contribution in [2.75, 3.05) is 19.8 Å². The highest BCUT2D eigenvalue weighted by atomic mass is 16.5. The Kier molecular flexibility index (Phi) is 7.63. The lowest BCUT2D eigenvalue weighted by Crippen LogP contribution is -2.18. The van der Waals surface area contributed by atoms with Crippen LogP contribution in [0, 0.1) is 5.92 Å². The van der Waals surface area contributed by atoms with E-state index in [9.17, 15) is 4.79 Å². The van der Waals surface area contributed by atoms with Gasteiger partial charge in [0.1, 0.15) is 0 Å². The van der Waals surface area contributed by atoms with Gasteiger partial charge in [-0.25, -0.2) is 0 Å². The van der Waals surface area contributed by atoms with Crippen LogP contribution >= 0.6 is 0 Å². The number of hydrogen-bond acceptors (Lipinski definition) is 3. The molecule has 0 aromatic rings. The Bertz CT molecular complexity index is 139. The molecule has 0 bridgehead atoms. The number of carboxylic acid groups (broad SMARTS) is 1. The van der Waals surface area contributed by atoms with Gasteiger partial charge in [0.25, 0.3) is 0 Å². The minimum atomic E-state index is -0.779. The molecule has 0 aromatic heterocycles. The zero-order valence-electron chi connectivity index (χ0n) is 8.16. The number of nitrogens with two attached hydrogens (primary N) is 1. The number of ether oxygens (including phenoxy) is 1. The molecule has 3 N–H and O–H groups in total. The van der Waals surface area contributed by atoms with E-state index in [1.807, 2.05) is 6.92 Å². The van der Waals surface area contributed by atoms with Gasteiger partial charge in [0.15, 0.2) is 0 Å². The van der Waals surface area contributed by atoms with Crippen LogP contribution in [-0.2, 0) is 9.53 Å². The van der Waals surface area contributed by atoms with E-state index in [0.29, 0.717) is 19.8 Å². The van der Waals surface area contributed by atoms with Gasteiger partial charge >= 0.3 is 5.97 Å². The van der Waals surface area contributed by atoms with Crippen molar-refractivity contribution in [3.05, 3.63) is 0 Å². The minimum Gasteiger partial charge on any atom is -0.481 e. The SMILES string of the molecule is CCCOC[C@@H](CCN)CC(=O)O. The normalized spacial score (nSPS) is 12.8. The molecule has 0 unspecified atom stereocenters. The van der Waals surface area contributed by atoms with Crippen molar-refractivity contribution in [3.63, 3.8) is 0 Å². The van der Waals surface area contributed by atoms with Crippen molar-refractivity contribution >= 4 is 5.97 Å². The maximum Gasteiger partial charge on any atom is 0.303 e. The Morgan fingerprint density at radius 1 is 1.62 bits per heavy atom. The van der Waals surface area contributed by atoms with E-state index in [-0.39, 0.29) is 12.3 Å². The molecule has 0 rings (SSSR count). The molecule has 0 aromatic carbocycles. The van der Waals surface area contributed by atoms with Crippen molar-refractivity contribution in [2.45, 2.75) is 26.2 Å². The number of carboxylic acids is 1. The van der Waals surface area contributed by atoms with Gasteiger partial charge in [0.2, 0.25) is 0 Å². The van der Waals surface area contributed by atoms with Crippen molar-refractivity contribution < 1.29 is 14.6 Å². The first kappa shape index (κ1) is 12.4. The first-order valence-corrected chi connectivity index (χ1v) is 4.70. The van der Waals surface area contributed by atoms with E-state index in [1.165, 1.54) is 0 Å². The van der Waals surface area contributed by atoms with Gasteiger partial charge < -0.3 is 15.6 Å². The maximum atomic E-state index is 10.4. The highest BCUT2D eigenvalue weighted by Gasteiger charge is 2.12. The number of hydrogen-bond donors (Lipinski definition) is 2. The van der Waals surface area contributed by atoms with E-state index in [0.717, 1.165) is 12.8 Å². The second-order valence-corrected chi connectivity index (χ2v) is 3.12. The third-order valence-electron chi connectivity index (χ3n) is 1.74. The zero-order chi connectivity index (χ0) is 10.1. The largest absolute Gasteiger partial charge is 0.481 e. The lowest BCUT2D eigenvalue weighted by molar-refractivity contribution is -0.138. The summed E-state index contributed by atoms with van der Waals surface area (Å²) in [4.78, 5) is 10.4. The van der Waals surface area contributed by atoms with Gasteiger partial charge in [-0.05, 0) is 25.3 Å². The predicted octanol–water partition coefficient (Wildman–Crippen LogP) is 0.853. The summed E-state index contributed by atoms with van der Waals surface area (Å²) in [6.07, 6.45) is 1.83. The zero-order valence-corrected chi connectivity index (χ0v) is 8.16. The van der Waals surface area contributed by atoms with Gasteiger partial charge in [0, 0.05) is 13.2 Å². The van der Waals surface area contributed by atoms with Crippen LogP contribution < -0.4 is 5.73 Å². The lowest BCUT2D eigenvalue weighted by Gasteiger charge is -2.13. The molecule has 0 heterocycles. The highest BCUT2D eigenvalue weighted by molar-refractivity contribution is 5.67. The fraction of sp³-hybridized carbons (Fsp3) is 0.889. The summed E-state index contributed by atoms with van der Waals surface area (Å²) in [5.41, 5.74) is 5.36. The molecule has 0 aliphatic carbocycles. The summed E-state index contributed by atoms with van der Waals surface area (Å²) >= 11 is 0. The molecule has 0 radical (unpaired) electrons. The Hall–Kier alpha value is -0.610. The maximum absolute atomic E-state index is 10.4. The summed E-state index contributed by atoms with van der Waals surface area (Å²) in [6.45, 7) is 3.75. The molecule has 13 heavy (non-hydrogen) atoms. The fourth-order valence-electron chi connectivity index (χ4n) is 1.12. The van der Waals surface area contributed by atoms with Crippen LogP contribution in [-0.4, -0.2) is 30.8 Å². The standard InChI is InChI=1S/C9H19NO3/c1-2-5-13-7-8(3-4-10)6-9(11)12/h8H,2-7,10H2,1H3,(H,11,12)/t8-/m0/s1. The number of rotatable bonds is 8. The molecule has 0 saturated heterocycles. The molecule has 4 heteroatoms. The molecule has 0 fully saturated rings. The Morgan fingerprint density at radius 3 is 2.77 bits per heavy atom. The second kappa shape index (κ2) is 8.01. The molecule has 4 nitrogen and oxygen atoms in total. The molecule has 0 aliphatic heterocycles. The quantitative estimate of drug-likeness (QED) is 0.555. The number of aliphatic carboxylic acids is 1. The van der Waals surface area contributed by atoms with E-state index in [2.05, 4.69) is 0 Å². The Balaban J connectivity index is 3.59. The highest BCUT2D eigenvalue weighted by Crippen LogP contribution is 2.08. The third kappa shape index (κ3) is 7.74. The van der Waals surface area contributed by atoms with Gasteiger partial charge in [-0.2, -0.15) is 0 Å². The fourth-order valence-corrected chi connectivity index (χ4v) is 1.12. The van der Waals surface area contributed by atoms with Crippen LogP contribution in [0.2, 0.25) is 0 Å². The van der Waals surface area contributed by atoms with E-state index < -0.39 is 5.97 Å². The molecule has 78 valence electrons. The summed E-state index contributed by atoms with van der Waals surface area (Å²) < 4.78 is 5.28. The van der Waals surface area contributed by atoms with Crippen LogP contribution in [0.15, 0.2) is 0 Å². The molecule has 1 atom stereocenters. The molecular formula is C9H19NO3. The van der Waals surface area contributed by atoms with E-state index in [4.69, 9.17) is 15.6 Å². The van der Waals surface area contributed by atoms with E-state index >= 15 is 0 Å². The average molecular weight is 189 g/mol. The summed E-state index contributed by atoms with van der Waals surface area (Å²) in [5.74, 6) is -0.715. The van der Waals surface area contributed by atoms with Crippen LogP contribution in [0.1, 0.15) is 26.2 Å². The minimum absolute atomic E-state index is 0.0639. The van der Waals surface area contributed by atoms with Crippen molar-refractivity contribution in [1.82, 2.24) is 0 Å². The third-order valence-corrected chi connectivity index (χ3v) is 1.74. The molecule has 0 spiro atoms. The second-order valence-electron chi connectivity index (χ2n) is 3.12. The van der Waals surface area contributed by atoms with Crippen molar-refractivity contribution in [2.24, 2.45) is 11.7 Å². The average Bonchev–Trinajstić information content (AvgIpc) is 2.04. The monoisotopic (exact) mass is 189 g/mol. The van der Waals surface area contributed by atoms with Crippen LogP contribution in [0.3, 0.4) is 0 Å². The van der Waals surface area contributed by atoms with Crippen LogP contribution in [0.25, 0.3) is 0 Å². The van der Waals surface area contributed by atoms with Crippen molar-refractivity contribution in [1.29, 1.82) is 0 Å². The van der Waals surface area contributed by atoms with Gasteiger partial charge in [0.05, 0.1) is 6.42 Å². The first-order valence-electron chi connectivity index (χ1n) is 4.70. The topological polar surface area (TPSA) is 72.5 Å². The molecule has 0 saturated carbocycles. The first-order chi connectivity index (χ1) is 6.20. The van der Waals surface area contributed by atoms with Gasteiger partial charge in [-0.1, -0.05) is 6.92 Å². The smallest absolute Gasteiger partial charge is 0.303 e. The molecular weight excluding hydrogens is 170 g/mol. The van der Waals surface area contributed by atoms with Crippen LogP contribution in [0.4, 0.5) is 0 Å². The lowest BCUT2D eigenvalue weighted by atomic mass is 10.0. The Labute approximate surface area is 79.1 Å². The van der Waals surface area contributed by atoms with Crippen molar-refractivity contribution in [3.8, 4) is 0 Å². The summed E-state index contributed by atoms with van der Waals surface area (Å²) in [6, 6.07) is 0. The number of carbonyl (C=O) groups is 1. The summed E-state index contributed by atoms with van der Waals surface area (Å²) in [7, 11) is 0. The predicted molar refractivity (Wildman–Crippen MR) is 50.5 cm³/mol. The molecule has 0 amide bonds. The van der Waals surface area contributed by atoms with Gasteiger partial charge in [-0.3, -0.25) is 4.79 Å². The summed E-state index contributed by atoms with van der Waals surface area (Å²) in [5, 5.41) is 8.57. The van der Waals surface area contributed by atoms with Crippen LogP contribution in [0.5, 0.6) is 0 Å². The van der Waals surface area contributed by atoms with Gasteiger partial charge in [-0.15, -0.1) is 0 Å².